The second-order valence-electron chi connectivity index (χ2n) is 9.92. The van der Waals surface area contributed by atoms with Crippen LogP contribution in [0.5, 0.6) is 17.2 Å². The number of hydrogen-bond donors (Lipinski definition) is 0. The first-order valence-corrected chi connectivity index (χ1v) is 13.5. The van der Waals surface area contributed by atoms with E-state index < -0.39 is 0 Å². The van der Waals surface area contributed by atoms with E-state index in [1.165, 1.54) is 0 Å². The van der Waals surface area contributed by atoms with Crippen molar-refractivity contribution in [2.75, 3.05) is 40.0 Å². The highest BCUT2D eigenvalue weighted by Crippen LogP contribution is 2.27. The smallest absolute Gasteiger partial charge is 0.260 e. The Morgan fingerprint density at radius 3 is 2.38 bits per heavy atom. The molecule has 0 spiro atoms. The summed E-state index contributed by atoms with van der Waals surface area (Å²) < 4.78 is 17.5. The second-order valence-corrected chi connectivity index (χ2v) is 9.92. The van der Waals surface area contributed by atoms with Crippen LogP contribution in [0.2, 0.25) is 0 Å². The minimum atomic E-state index is -0.137. The topological polar surface area (TPSA) is 68.3 Å². The fraction of sp³-hybridized carbons (Fsp3) is 0.533. The predicted molar refractivity (Wildman–Crippen MR) is 145 cm³/mol. The molecule has 0 aliphatic carbocycles. The number of methoxy groups -OCH3 is 1. The first kappa shape index (κ1) is 28.4. The number of carbonyl (C=O) groups excluding carboxylic acids is 2. The standard InChI is InChI=1S/C30H42N2O5/c1-5-31-18-12-6-7-13-19-32(29(33)22-37-28-17-11-10-16-27(28)35-4)24(20-23(2)3)21-36-26-15-9-8-14-25(26)30(31)34/h8-11,14-17,23-24H,5-7,12-13,18-22H2,1-4H3/t24-/m0/s1. The van der Waals surface area contributed by atoms with Crippen LogP contribution >= 0.6 is 0 Å². The molecule has 0 N–H and O–H groups in total. The Morgan fingerprint density at radius 2 is 1.68 bits per heavy atom. The zero-order valence-corrected chi connectivity index (χ0v) is 22.8. The number of carbonyl (C=O) groups is 2. The van der Waals surface area contributed by atoms with Gasteiger partial charge in [0.1, 0.15) is 12.4 Å². The molecule has 7 nitrogen and oxygen atoms in total. The average Bonchev–Trinajstić information content (AvgIpc) is 2.91. The highest BCUT2D eigenvalue weighted by molar-refractivity contribution is 5.96. The Labute approximate surface area is 221 Å². The normalized spacial score (nSPS) is 17.5. The third-order valence-electron chi connectivity index (χ3n) is 6.72. The number of para-hydroxylation sites is 3. The van der Waals surface area contributed by atoms with Crippen molar-refractivity contribution in [3.05, 3.63) is 54.1 Å². The summed E-state index contributed by atoms with van der Waals surface area (Å²) in [5.74, 6) is 1.99. The van der Waals surface area contributed by atoms with E-state index in [0.717, 1.165) is 38.6 Å². The van der Waals surface area contributed by atoms with Crippen molar-refractivity contribution in [2.45, 2.75) is 58.9 Å². The minimum Gasteiger partial charge on any atom is -0.493 e. The highest BCUT2D eigenvalue weighted by Gasteiger charge is 2.27. The van der Waals surface area contributed by atoms with Crippen LogP contribution in [0, 0.1) is 5.92 Å². The maximum atomic E-state index is 13.5. The molecule has 1 aliphatic heterocycles. The minimum absolute atomic E-state index is 0.00582. The SMILES string of the molecule is CCN1CCCCCCN(C(=O)COc2ccccc2OC)[C@@H](CC(C)C)COc2ccccc2C1=O. The summed E-state index contributed by atoms with van der Waals surface area (Å²) in [5, 5.41) is 0. The first-order chi connectivity index (χ1) is 17.9. The molecule has 37 heavy (non-hydrogen) atoms. The lowest BCUT2D eigenvalue weighted by atomic mass is 10.0. The van der Waals surface area contributed by atoms with Crippen LogP contribution in [-0.2, 0) is 4.79 Å². The largest absolute Gasteiger partial charge is 0.493 e. The lowest BCUT2D eigenvalue weighted by molar-refractivity contribution is -0.137. The van der Waals surface area contributed by atoms with E-state index in [-0.39, 0.29) is 24.5 Å². The van der Waals surface area contributed by atoms with Gasteiger partial charge in [-0.15, -0.1) is 0 Å². The summed E-state index contributed by atoms with van der Waals surface area (Å²) in [7, 11) is 1.59. The van der Waals surface area contributed by atoms with Crippen molar-refractivity contribution in [3.63, 3.8) is 0 Å². The number of benzene rings is 2. The van der Waals surface area contributed by atoms with Gasteiger partial charge in [0.25, 0.3) is 11.8 Å². The van der Waals surface area contributed by atoms with Gasteiger partial charge >= 0.3 is 0 Å². The van der Waals surface area contributed by atoms with Crippen molar-refractivity contribution in [1.29, 1.82) is 0 Å². The van der Waals surface area contributed by atoms with E-state index in [1.54, 1.807) is 13.2 Å². The van der Waals surface area contributed by atoms with Crippen LogP contribution in [-0.4, -0.2) is 67.6 Å². The summed E-state index contributed by atoms with van der Waals surface area (Å²) in [6, 6.07) is 14.6. The third kappa shape index (κ3) is 8.14. The van der Waals surface area contributed by atoms with E-state index in [9.17, 15) is 9.59 Å². The van der Waals surface area contributed by atoms with Gasteiger partial charge in [-0.1, -0.05) is 51.0 Å². The molecule has 0 aromatic heterocycles. The molecular formula is C30H42N2O5. The van der Waals surface area contributed by atoms with Gasteiger partial charge in [0.15, 0.2) is 18.1 Å². The molecule has 3 rings (SSSR count). The van der Waals surface area contributed by atoms with Crippen molar-refractivity contribution in [3.8, 4) is 17.2 Å². The van der Waals surface area contributed by atoms with Crippen LogP contribution < -0.4 is 14.2 Å². The van der Waals surface area contributed by atoms with Crippen LogP contribution in [0.4, 0.5) is 0 Å². The molecule has 2 aromatic rings. The summed E-state index contributed by atoms with van der Waals surface area (Å²) in [6.07, 6.45) is 4.62. The summed E-state index contributed by atoms with van der Waals surface area (Å²) in [5.41, 5.74) is 0.571. The van der Waals surface area contributed by atoms with Gasteiger partial charge in [-0.25, -0.2) is 0 Å². The molecule has 7 heteroatoms. The second kappa shape index (κ2) is 14.5. The van der Waals surface area contributed by atoms with Crippen LogP contribution in [0.1, 0.15) is 63.2 Å². The number of amides is 2. The Kier molecular flexibility index (Phi) is 11.1. The highest BCUT2D eigenvalue weighted by atomic mass is 16.5. The zero-order chi connectivity index (χ0) is 26.6. The van der Waals surface area contributed by atoms with Crippen LogP contribution in [0.3, 0.4) is 0 Å². The number of ether oxygens (including phenoxy) is 3. The molecule has 2 amide bonds. The number of nitrogens with zero attached hydrogens (tertiary/aromatic N) is 2. The van der Waals surface area contributed by atoms with E-state index in [0.29, 0.717) is 48.4 Å². The maximum absolute atomic E-state index is 13.5. The van der Waals surface area contributed by atoms with E-state index in [2.05, 4.69) is 13.8 Å². The third-order valence-corrected chi connectivity index (χ3v) is 6.72. The summed E-state index contributed by atoms with van der Waals surface area (Å²) in [6.45, 7) is 8.58. The Hall–Kier alpha value is -3.22. The molecule has 0 fully saturated rings. The molecule has 1 heterocycles. The molecule has 0 radical (unpaired) electrons. The van der Waals surface area contributed by atoms with Crippen molar-refractivity contribution in [2.24, 2.45) is 5.92 Å². The van der Waals surface area contributed by atoms with E-state index in [4.69, 9.17) is 14.2 Å². The Balaban J connectivity index is 1.84. The lowest BCUT2D eigenvalue weighted by Gasteiger charge is -2.33. The summed E-state index contributed by atoms with van der Waals surface area (Å²) in [4.78, 5) is 30.6. The van der Waals surface area contributed by atoms with Gasteiger partial charge in [0.2, 0.25) is 0 Å². The molecule has 202 valence electrons. The van der Waals surface area contributed by atoms with E-state index in [1.807, 2.05) is 59.2 Å². The number of hydrogen-bond acceptors (Lipinski definition) is 5. The molecule has 1 aliphatic rings. The van der Waals surface area contributed by atoms with Crippen molar-refractivity contribution < 1.29 is 23.8 Å². The Bertz CT molecular complexity index is 1010. The fourth-order valence-electron chi connectivity index (χ4n) is 4.77. The number of fused-ring (bicyclic) bond motifs is 1. The Morgan fingerprint density at radius 1 is 1.00 bits per heavy atom. The van der Waals surface area contributed by atoms with Crippen LogP contribution in [0.25, 0.3) is 0 Å². The van der Waals surface area contributed by atoms with Crippen molar-refractivity contribution in [1.82, 2.24) is 9.80 Å². The first-order valence-electron chi connectivity index (χ1n) is 13.5. The maximum Gasteiger partial charge on any atom is 0.260 e. The van der Waals surface area contributed by atoms with Gasteiger partial charge in [-0.2, -0.15) is 0 Å². The molecule has 2 aromatic carbocycles. The molecule has 0 unspecified atom stereocenters. The van der Waals surface area contributed by atoms with Gasteiger partial charge < -0.3 is 24.0 Å². The molecular weight excluding hydrogens is 468 g/mol. The fourth-order valence-corrected chi connectivity index (χ4v) is 4.77. The van der Waals surface area contributed by atoms with Gasteiger partial charge in [-0.3, -0.25) is 9.59 Å². The van der Waals surface area contributed by atoms with Crippen molar-refractivity contribution >= 4 is 11.8 Å². The zero-order valence-electron chi connectivity index (χ0n) is 22.8. The van der Waals surface area contributed by atoms with Gasteiger partial charge in [0, 0.05) is 19.6 Å². The monoisotopic (exact) mass is 510 g/mol. The molecule has 0 bridgehead atoms. The molecule has 0 saturated carbocycles. The van der Waals surface area contributed by atoms with E-state index >= 15 is 0 Å². The van der Waals surface area contributed by atoms with Gasteiger partial charge in [-0.05, 0) is 56.4 Å². The lowest BCUT2D eigenvalue weighted by Crippen LogP contribution is -2.47. The molecule has 1 atom stereocenters. The molecule has 0 saturated heterocycles. The number of rotatable bonds is 7. The van der Waals surface area contributed by atoms with Crippen LogP contribution in [0.15, 0.2) is 48.5 Å². The average molecular weight is 511 g/mol. The predicted octanol–water partition coefficient (Wildman–Crippen LogP) is 5.43. The summed E-state index contributed by atoms with van der Waals surface area (Å²) >= 11 is 0. The quantitative estimate of drug-likeness (QED) is 0.497. The van der Waals surface area contributed by atoms with Gasteiger partial charge in [0.05, 0.1) is 18.7 Å².